The molecular formula is C8H12F2. The fourth-order valence-electron chi connectivity index (χ4n) is 2.18. The van der Waals surface area contributed by atoms with Gasteiger partial charge in [-0.3, -0.25) is 0 Å². The molecule has 0 heterocycles. The van der Waals surface area contributed by atoms with Crippen LogP contribution in [0.2, 0.25) is 0 Å². The molecule has 0 nitrogen and oxygen atoms in total. The molecule has 0 aromatic carbocycles. The van der Waals surface area contributed by atoms with Crippen LogP contribution < -0.4 is 0 Å². The summed E-state index contributed by atoms with van der Waals surface area (Å²) in [5, 5.41) is 0. The molecule has 2 heteroatoms. The van der Waals surface area contributed by atoms with Crippen LogP contribution in [0.25, 0.3) is 0 Å². The van der Waals surface area contributed by atoms with Gasteiger partial charge in [-0.15, -0.1) is 0 Å². The van der Waals surface area contributed by atoms with Gasteiger partial charge in [0.1, 0.15) is 0 Å². The highest BCUT2D eigenvalue weighted by Gasteiger charge is 2.83. The van der Waals surface area contributed by atoms with E-state index in [0.29, 0.717) is 11.8 Å². The first-order valence-electron chi connectivity index (χ1n) is 3.87. The molecule has 2 saturated carbocycles. The van der Waals surface area contributed by atoms with Crippen LogP contribution in [0.5, 0.6) is 0 Å². The van der Waals surface area contributed by atoms with Crippen LogP contribution in [-0.4, -0.2) is 5.92 Å². The van der Waals surface area contributed by atoms with E-state index in [4.69, 9.17) is 0 Å². The minimum Gasteiger partial charge on any atom is -0.206 e. The first-order chi connectivity index (χ1) is 4.50. The molecule has 0 aliphatic heterocycles. The maximum Gasteiger partial charge on any atom is 0.254 e. The maximum atomic E-state index is 12.6. The van der Waals surface area contributed by atoms with Gasteiger partial charge in [0.2, 0.25) is 0 Å². The third-order valence-corrected chi connectivity index (χ3v) is 3.08. The Bertz CT molecular complexity index is 174. The third-order valence-electron chi connectivity index (χ3n) is 3.08. The summed E-state index contributed by atoms with van der Waals surface area (Å²) >= 11 is 0. The van der Waals surface area contributed by atoms with Crippen molar-refractivity contribution in [3.05, 3.63) is 0 Å². The Balaban J connectivity index is 2.04. The van der Waals surface area contributed by atoms with Crippen molar-refractivity contribution in [1.82, 2.24) is 0 Å². The Kier molecular flexibility index (Phi) is 0.911. The van der Waals surface area contributed by atoms with Crippen LogP contribution >= 0.6 is 0 Å². The van der Waals surface area contributed by atoms with Crippen molar-refractivity contribution < 1.29 is 8.78 Å². The average molecular weight is 146 g/mol. The first-order valence-corrected chi connectivity index (χ1v) is 3.87. The van der Waals surface area contributed by atoms with E-state index in [-0.39, 0.29) is 6.42 Å². The summed E-state index contributed by atoms with van der Waals surface area (Å²) in [6.07, 6.45) is 0.945. The predicted octanol–water partition coefficient (Wildman–Crippen LogP) is 2.69. The van der Waals surface area contributed by atoms with E-state index >= 15 is 0 Å². The molecule has 2 unspecified atom stereocenters. The Labute approximate surface area is 59.6 Å². The van der Waals surface area contributed by atoms with Crippen LogP contribution in [0.15, 0.2) is 0 Å². The molecule has 58 valence electrons. The topological polar surface area (TPSA) is 0 Å². The maximum absolute atomic E-state index is 12.6. The van der Waals surface area contributed by atoms with E-state index in [9.17, 15) is 8.78 Å². The number of rotatable bonds is 1. The largest absolute Gasteiger partial charge is 0.254 e. The Morgan fingerprint density at radius 1 is 1.40 bits per heavy atom. The number of hydrogen-bond acceptors (Lipinski definition) is 0. The SMILES string of the molecule is CC(C)C1CC12CC2(F)F. The third kappa shape index (κ3) is 0.553. The molecule has 2 aliphatic rings. The molecule has 2 aliphatic carbocycles. The van der Waals surface area contributed by atoms with Crippen LogP contribution in [0.1, 0.15) is 26.7 Å². The number of alkyl halides is 2. The molecule has 10 heavy (non-hydrogen) atoms. The van der Waals surface area contributed by atoms with Crippen molar-refractivity contribution in [2.45, 2.75) is 32.6 Å². The van der Waals surface area contributed by atoms with Gasteiger partial charge in [0, 0.05) is 11.8 Å². The van der Waals surface area contributed by atoms with Crippen molar-refractivity contribution in [3.8, 4) is 0 Å². The Morgan fingerprint density at radius 3 is 2.00 bits per heavy atom. The number of hydrogen-bond donors (Lipinski definition) is 0. The van der Waals surface area contributed by atoms with Gasteiger partial charge in [-0.25, -0.2) is 8.78 Å². The lowest BCUT2D eigenvalue weighted by Gasteiger charge is -2.00. The summed E-state index contributed by atoms with van der Waals surface area (Å²) in [6, 6.07) is 0. The van der Waals surface area contributed by atoms with Crippen molar-refractivity contribution in [3.63, 3.8) is 0 Å². The molecule has 1 spiro atoms. The number of halogens is 2. The molecule has 2 rings (SSSR count). The normalized spacial score (nSPS) is 48.3. The molecule has 2 atom stereocenters. The van der Waals surface area contributed by atoms with Crippen molar-refractivity contribution >= 4 is 0 Å². The van der Waals surface area contributed by atoms with Gasteiger partial charge >= 0.3 is 0 Å². The van der Waals surface area contributed by atoms with E-state index in [1.54, 1.807) is 0 Å². The molecule has 0 aromatic heterocycles. The van der Waals surface area contributed by atoms with Gasteiger partial charge in [0.15, 0.2) is 0 Å². The first kappa shape index (κ1) is 6.56. The lowest BCUT2D eigenvalue weighted by Crippen LogP contribution is -1.99. The highest BCUT2D eigenvalue weighted by molar-refractivity contribution is 5.24. The molecule has 0 bridgehead atoms. The minimum atomic E-state index is -2.29. The second-order valence-electron chi connectivity index (χ2n) is 4.09. The summed E-state index contributed by atoms with van der Waals surface area (Å²) < 4.78 is 25.2. The van der Waals surface area contributed by atoms with Gasteiger partial charge in [-0.2, -0.15) is 0 Å². The van der Waals surface area contributed by atoms with Crippen LogP contribution in [-0.2, 0) is 0 Å². The van der Waals surface area contributed by atoms with Gasteiger partial charge in [0.05, 0.1) is 0 Å². The van der Waals surface area contributed by atoms with Crippen LogP contribution in [0.4, 0.5) is 8.78 Å². The summed E-state index contributed by atoms with van der Waals surface area (Å²) in [4.78, 5) is 0. The average Bonchev–Trinajstić information content (AvgIpc) is 2.51. The summed E-state index contributed by atoms with van der Waals surface area (Å²) in [5.41, 5.74) is -0.499. The Hall–Kier alpha value is -0.140. The van der Waals surface area contributed by atoms with Crippen LogP contribution in [0.3, 0.4) is 0 Å². The van der Waals surface area contributed by atoms with Crippen molar-refractivity contribution in [2.75, 3.05) is 0 Å². The van der Waals surface area contributed by atoms with E-state index in [0.717, 1.165) is 6.42 Å². The highest BCUT2D eigenvalue weighted by atomic mass is 19.3. The van der Waals surface area contributed by atoms with Crippen LogP contribution in [0, 0.1) is 17.3 Å². The molecule has 0 aromatic rings. The van der Waals surface area contributed by atoms with Gasteiger partial charge in [-0.1, -0.05) is 13.8 Å². The molecule has 0 saturated heterocycles. The second kappa shape index (κ2) is 1.39. The molecule has 0 amide bonds. The lowest BCUT2D eigenvalue weighted by atomic mass is 10.1. The van der Waals surface area contributed by atoms with Crippen molar-refractivity contribution in [2.24, 2.45) is 17.3 Å². The van der Waals surface area contributed by atoms with Gasteiger partial charge in [0.25, 0.3) is 5.92 Å². The zero-order valence-electron chi connectivity index (χ0n) is 6.32. The fraction of sp³-hybridized carbons (Fsp3) is 1.00. The van der Waals surface area contributed by atoms with E-state index in [2.05, 4.69) is 0 Å². The highest BCUT2D eigenvalue weighted by Crippen LogP contribution is 2.80. The Morgan fingerprint density at radius 2 is 1.90 bits per heavy atom. The standard InChI is InChI=1S/C8H12F2/c1-5(2)6-3-7(6)4-8(7,9)10/h5-6H,3-4H2,1-2H3. The zero-order chi connectivity index (χ0) is 7.57. The lowest BCUT2D eigenvalue weighted by molar-refractivity contribution is 0.0870. The molecule has 0 radical (unpaired) electrons. The van der Waals surface area contributed by atoms with E-state index in [1.807, 2.05) is 13.8 Å². The van der Waals surface area contributed by atoms with Gasteiger partial charge in [-0.05, 0) is 18.3 Å². The minimum absolute atomic E-state index is 0.169. The molecular weight excluding hydrogens is 134 g/mol. The van der Waals surface area contributed by atoms with Crippen molar-refractivity contribution in [1.29, 1.82) is 0 Å². The van der Waals surface area contributed by atoms with E-state index < -0.39 is 11.3 Å². The monoisotopic (exact) mass is 146 g/mol. The van der Waals surface area contributed by atoms with Gasteiger partial charge < -0.3 is 0 Å². The van der Waals surface area contributed by atoms with E-state index in [1.165, 1.54) is 0 Å². The quantitative estimate of drug-likeness (QED) is 0.533. The molecule has 2 fully saturated rings. The summed E-state index contributed by atoms with van der Waals surface area (Å²) in [5.74, 6) is -1.52. The smallest absolute Gasteiger partial charge is 0.206 e. The summed E-state index contributed by atoms with van der Waals surface area (Å²) in [6.45, 7) is 4.07. The molecule has 0 N–H and O–H groups in total. The fourth-order valence-corrected chi connectivity index (χ4v) is 2.18. The predicted molar refractivity (Wildman–Crippen MR) is 34.9 cm³/mol. The summed E-state index contributed by atoms with van der Waals surface area (Å²) in [7, 11) is 0. The second-order valence-corrected chi connectivity index (χ2v) is 4.09. The zero-order valence-corrected chi connectivity index (χ0v) is 6.32.